The molecule has 0 heterocycles. The van der Waals surface area contributed by atoms with Gasteiger partial charge in [-0.3, -0.25) is 13.8 Å². The molecule has 0 aliphatic carbocycles. The first-order valence-electron chi connectivity index (χ1n) is 26.8. The highest BCUT2D eigenvalue weighted by Crippen LogP contribution is 2.43. The number of likely N-dealkylation sites (N-methyl/N-ethyl adjacent to an activating group) is 1. The van der Waals surface area contributed by atoms with Crippen LogP contribution in [0.5, 0.6) is 0 Å². The van der Waals surface area contributed by atoms with Gasteiger partial charge in [0.25, 0.3) is 0 Å². The van der Waals surface area contributed by atoms with Crippen LogP contribution in [0.4, 0.5) is 0 Å². The predicted octanol–water partition coefficient (Wildman–Crippen LogP) is 15.9. The van der Waals surface area contributed by atoms with Crippen LogP contribution in [-0.4, -0.2) is 73.4 Å². The van der Waals surface area contributed by atoms with Gasteiger partial charge in [-0.25, -0.2) is 4.57 Å². The van der Waals surface area contributed by atoms with Crippen molar-refractivity contribution >= 4 is 13.7 Å². The molecule has 0 bridgehead atoms. The molecule has 0 saturated carbocycles. The number of hydrogen-bond donors (Lipinski definition) is 3. The van der Waals surface area contributed by atoms with E-state index in [0.29, 0.717) is 23.9 Å². The Morgan fingerprint density at radius 2 is 0.923 bits per heavy atom. The van der Waals surface area contributed by atoms with Crippen molar-refractivity contribution in [1.29, 1.82) is 0 Å². The molecule has 1 amide bonds. The van der Waals surface area contributed by atoms with Gasteiger partial charge >= 0.3 is 7.82 Å². The van der Waals surface area contributed by atoms with Crippen molar-refractivity contribution in [3.63, 3.8) is 0 Å². The Morgan fingerprint density at radius 3 is 1.34 bits per heavy atom. The molecule has 0 aromatic heterocycles. The molecule has 0 aromatic carbocycles. The van der Waals surface area contributed by atoms with Crippen LogP contribution in [0.15, 0.2) is 72.9 Å². The number of quaternary nitrogens is 1. The SMILES string of the molecule is CC/C=C\C/C=C\C/C=C\C/C=C\C/C=C\C/C=C\CCCCCCCCCCCCCCCCCCCCCCC(=O)NC(COP(=O)(O)OCC[N+](C)(C)C)C(O)CCCCCC. The lowest BCUT2D eigenvalue weighted by atomic mass is 10.0. The highest BCUT2D eigenvalue weighted by molar-refractivity contribution is 7.47. The summed E-state index contributed by atoms with van der Waals surface area (Å²) in [7, 11) is 1.61. The largest absolute Gasteiger partial charge is 0.472 e. The molecule has 3 N–H and O–H groups in total. The minimum atomic E-state index is -4.30. The number of nitrogens with one attached hydrogen (secondary N) is 1. The van der Waals surface area contributed by atoms with Gasteiger partial charge in [0.2, 0.25) is 5.91 Å². The average molecular weight is 932 g/mol. The summed E-state index contributed by atoms with van der Waals surface area (Å²) in [5.41, 5.74) is 0. The number of allylic oxidation sites excluding steroid dienone is 12. The zero-order chi connectivity index (χ0) is 47.8. The Balaban J connectivity index is 3.71. The smallest absolute Gasteiger partial charge is 0.391 e. The molecule has 0 radical (unpaired) electrons. The molecular weight excluding hydrogens is 828 g/mol. The number of phosphoric ester groups is 1. The first-order valence-corrected chi connectivity index (χ1v) is 28.3. The predicted molar refractivity (Wildman–Crippen MR) is 281 cm³/mol. The Labute approximate surface area is 402 Å². The molecule has 8 nitrogen and oxygen atoms in total. The first kappa shape index (κ1) is 62.9. The van der Waals surface area contributed by atoms with E-state index in [0.717, 1.165) is 83.5 Å². The van der Waals surface area contributed by atoms with E-state index in [9.17, 15) is 19.4 Å². The van der Waals surface area contributed by atoms with Gasteiger partial charge in [0, 0.05) is 6.42 Å². The summed E-state index contributed by atoms with van der Waals surface area (Å²) in [5.74, 6) is -0.153. The number of rotatable bonds is 48. The van der Waals surface area contributed by atoms with E-state index in [4.69, 9.17) is 9.05 Å². The summed E-state index contributed by atoms with van der Waals surface area (Å²) in [6, 6.07) is -0.756. The van der Waals surface area contributed by atoms with Crippen molar-refractivity contribution in [3.05, 3.63) is 72.9 Å². The maximum atomic E-state index is 12.8. The molecular formula is C56H104N2O6P+. The van der Waals surface area contributed by atoms with Crippen molar-refractivity contribution in [2.24, 2.45) is 0 Å². The Hall–Kier alpha value is -2.06. The summed E-state index contributed by atoms with van der Waals surface area (Å²) in [4.78, 5) is 23.0. The molecule has 0 aliphatic heterocycles. The number of unbranched alkanes of at least 4 members (excludes halogenated alkanes) is 23. The molecule has 0 aromatic rings. The van der Waals surface area contributed by atoms with E-state index in [1.165, 1.54) is 116 Å². The summed E-state index contributed by atoms with van der Waals surface area (Å²) in [6.45, 7) is 4.65. The van der Waals surface area contributed by atoms with Crippen LogP contribution in [0.2, 0.25) is 0 Å². The fraction of sp³-hybridized carbons (Fsp3) is 0.768. The second-order valence-electron chi connectivity index (χ2n) is 19.2. The number of carbonyl (C=O) groups excluding carboxylic acids is 1. The van der Waals surface area contributed by atoms with Gasteiger partial charge < -0.3 is 19.8 Å². The van der Waals surface area contributed by atoms with E-state index in [1.807, 2.05) is 21.1 Å². The maximum absolute atomic E-state index is 12.8. The average Bonchev–Trinajstić information content (AvgIpc) is 3.26. The van der Waals surface area contributed by atoms with Crippen LogP contribution in [-0.2, 0) is 18.4 Å². The lowest BCUT2D eigenvalue weighted by Crippen LogP contribution is -2.46. The maximum Gasteiger partial charge on any atom is 0.472 e. The van der Waals surface area contributed by atoms with Crippen LogP contribution in [0.1, 0.15) is 226 Å². The van der Waals surface area contributed by atoms with Crippen molar-refractivity contribution in [2.75, 3.05) is 40.9 Å². The van der Waals surface area contributed by atoms with Crippen LogP contribution in [0.3, 0.4) is 0 Å². The first-order chi connectivity index (χ1) is 31.5. The van der Waals surface area contributed by atoms with Crippen LogP contribution < -0.4 is 5.32 Å². The van der Waals surface area contributed by atoms with Gasteiger partial charge in [-0.2, -0.15) is 0 Å². The highest BCUT2D eigenvalue weighted by Gasteiger charge is 2.28. The minimum absolute atomic E-state index is 0.0729. The third-order valence-electron chi connectivity index (χ3n) is 11.7. The molecule has 0 fully saturated rings. The van der Waals surface area contributed by atoms with E-state index >= 15 is 0 Å². The van der Waals surface area contributed by atoms with Crippen molar-refractivity contribution in [3.8, 4) is 0 Å². The van der Waals surface area contributed by atoms with Gasteiger partial charge in [0.1, 0.15) is 13.2 Å². The zero-order valence-electron chi connectivity index (χ0n) is 43.0. The summed E-state index contributed by atoms with van der Waals surface area (Å²) >= 11 is 0. The van der Waals surface area contributed by atoms with E-state index in [1.54, 1.807) is 0 Å². The summed E-state index contributed by atoms with van der Waals surface area (Å²) in [6.07, 6.45) is 64.7. The fourth-order valence-corrected chi connectivity index (χ4v) is 8.26. The Kier molecular flexibility index (Phi) is 45.5. The Morgan fingerprint density at radius 1 is 0.538 bits per heavy atom. The van der Waals surface area contributed by atoms with Gasteiger partial charge in [0.05, 0.1) is 39.9 Å². The molecule has 3 unspecified atom stereocenters. The molecule has 0 aliphatic rings. The van der Waals surface area contributed by atoms with Crippen LogP contribution in [0.25, 0.3) is 0 Å². The van der Waals surface area contributed by atoms with Crippen LogP contribution in [0, 0.1) is 0 Å². The molecule has 9 heteroatoms. The van der Waals surface area contributed by atoms with Crippen LogP contribution >= 0.6 is 7.82 Å². The van der Waals surface area contributed by atoms with Gasteiger partial charge in [-0.1, -0.05) is 228 Å². The third-order valence-corrected chi connectivity index (χ3v) is 12.7. The number of phosphoric acid groups is 1. The van der Waals surface area contributed by atoms with E-state index in [-0.39, 0.29) is 19.1 Å². The highest BCUT2D eigenvalue weighted by atomic mass is 31.2. The van der Waals surface area contributed by atoms with Crippen molar-refractivity contribution in [1.82, 2.24) is 5.32 Å². The fourth-order valence-electron chi connectivity index (χ4n) is 7.52. The normalized spacial score (nSPS) is 14.6. The lowest BCUT2D eigenvalue weighted by molar-refractivity contribution is -0.870. The van der Waals surface area contributed by atoms with Gasteiger partial charge in [0.15, 0.2) is 0 Å². The van der Waals surface area contributed by atoms with Crippen molar-refractivity contribution in [2.45, 2.75) is 238 Å². The molecule has 0 spiro atoms. The standard InChI is InChI=1S/C56H103N2O6P/c1-6-8-10-12-13-14-15-16-17-18-19-20-21-22-23-24-25-26-27-28-29-30-31-32-33-34-35-36-37-38-39-40-41-42-43-44-45-46-48-50-56(60)57-54(55(59)49-47-11-9-7-2)53-64-65(61,62)63-52-51-58(3,4)5/h8,10,13-14,16-17,19-20,22-23,25-26,54-55,59H,6-7,9,11-12,15,18,21,24,27-53H2,1-5H3,(H-,57,60,61,62)/p+1/b10-8-,14-13-,17-16-,20-19-,23-22-,26-25-. The number of carbonyl (C=O) groups is 1. The van der Waals surface area contributed by atoms with Gasteiger partial charge in [-0.05, 0) is 64.2 Å². The summed E-state index contributed by atoms with van der Waals surface area (Å²) < 4.78 is 23.4. The topological polar surface area (TPSA) is 105 Å². The van der Waals surface area contributed by atoms with Crippen molar-refractivity contribution < 1.29 is 32.9 Å². The number of amides is 1. The second kappa shape index (κ2) is 47.0. The minimum Gasteiger partial charge on any atom is -0.391 e. The van der Waals surface area contributed by atoms with Gasteiger partial charge in [-0.15, -0.1) is 0 Å². The lowest BCUT2D eigenvalue weighted by Gasteiger charge is -2.26. The number of hydrogen-bond acceptors (Lipinski definition) is 5. The molecule has 378 valence electrons. The summed E-state index contributed by atoms with van der Waals surface area (Å²) in [5, 5.41) is 13.7. The number of aliphatic hydroxyl groups is 1. The zero-order valence-corrected chi connectivity index (χ0v) is 43.9. The molecule has 0 rings (SSSR count). The molecule has 65 heavy (non-hydrogen) atoms. The number of aliphatic hydroxyl groups excluding tert-OH is 1. The quantitative estimate of drug-likeness (QED) is 0.0243. The third kappa shape index (κ3) is 49.7. The molecule has 0 saturated heterocycles. The van der Waals surface area contributed by atoms with E-state index < -0.39 is 20.0 Å². The monoisotopic (exact) mass is 932 g/mol. The van der Waals surface area contributed by atoms with E-state index in [2.05, 4.69) is 92.1 Å². The second-order valence-corrected chi connectivity index (χ2v) is 20.7. The number of nitrogens with zero attached hydrogens (tertiary/aromatic N) is 1. The Bertz CT molecular complexity index is 1290. The molecule has 3 atom stereocenters.